The highest BCUT2D eigenvalue weighted by molar-refractivity contribution is 6.25. The summed E-state index contributed by atoms with van der Waals surface area (Å²) in [6.45, 7) is 4.41. The van der Waals surface area contributed by atoms with E-state index in [4.69, 9.17) is 11.6 Å². The second-order valence-corrected chi connectivity index (χ2v) is 2.36. The van der Waals surface area contributed by atoms with Crippen LogP contribution in [-0.4, -0.2) is 0 Å². The predicted octanol–water partition coefficient (Wildman–Crippen LogP) is 3.18. The summed E-state index contributed by atoms with van der Waals surface area (Å²) in [5, 5.41) is 0. The van der Waals surface area contributed by atoms with E-state index in [0.717, 1.165) is 12.3 Å². The van der Waals surface area contributed by atoms with Crippen LogP contribution in [-0.2, 0) is 0 Å². The van der Waals surface area contributed by atoms with Crippen LogP contribution >= 0.6 is 11.6 Å². The van der Waals surface area contributed by atoms with Crippen LogP contribution in [0.2, 0.25) is 0 Å². The van der Waals surface area contributed by atoms with Gasteiger partial charge in [0.2, 0.25) is 0 Å². The number of rotatable bonds is 3. The molecule has 0 aromatic carbocycles. The Bertz CT molecular complexity index is 66.8. The predicted molar refractivity (Wildman–Crippen MR) is 39.1 cm³/mol. The van der Waals surface area contributed by atoms with E-state index in [9.17, 15) is 0 Å². The van der Waals surface area contributed by atoms with Gasteiger partial charge in [-0.2, -0.15) is 0 Å². The Morgan fingerprint density at radius 2 is 2.25 bits per heavy atom. The molecular weight excluding hydrogens is 120 g/mol. The van der Waals surface area contributed by atoms with E-state index in [2.05, 4.69) is 13.8 Å². The highest BCUT2D eigenvalue weighted by Crippen LogP contribution is 2.06. The molecule has 0 radical (unpaired) electrons. The number of allylic oxidation sites excluding steroid dienone is 1. The Balaban J connectivity index is 3.10. The highest BCUT2D eigenvalue weighted by Gasteiger charge is 1.91. The first kappa shape index (κ1) is 8.03. The van der Waals surface area contributed by atoms with Crippen molar-refractivity contribution in [2.24, 2.45) is 5.92 Å². The quantitative estimate of drug-likeness (QED) is 0.554. The first-order valence-corrected chi connectivity index (χ1v) is 3.50. The van der Waals surface area contributed by atoms with E-state index < -0.39 is 0 Å². The molecule has 0 saturated carbocycles. The third kappa shape index (κ3) is 4.20. The average Bonchev–Trinajstić information content (AvgIpc) is 1.83. The Morgan fingerprint density at radius 1 is 1.62 bits per heavy atom. The molecule has 0 rings (SSSR count). The largest absolute Gasteiger partial charge is 0.0933 e. The van der Waals surface area contributed by atoms with Crippen LogP contribution in [0.1, 0.15) is 26.7 Å². The van der Waals surface area contributed by atoms with Crippen LogP contribution in [0, 0.1) is 5.92 Å². The van der Waals surface area contributed by atoms with E-state index in [1.165, 1.54) is 6.42 Å². The van der Waals surface area contributed by atoms with Gasteiger partial charge in [0.1, 0.15) is 0 Å². The zero-order valence-electron chi connectivity index (χ0n) is 5.52. The second-order valence-electron chi connectivity index (χ2n) is 2.11. The van der Waals surface area contributed by atoms with Crippen LogP contribution in [0.5, 0.6) is 0 Å². The van der Waals surface area contributed by atoms with Gasteiger partial charge in [0, 0.05) is 5.54 Å². The summed E-state index contributed by atoms with van der Waals surface area (Å²) in [6.07, 6.45) is 4.34. The molecule has 0 bridgehead atoms. The standard InChI is InChI=1S/C7H13Cl/c1-3-7(2)5-4-6-8/h4,6-7H,3,5H2,1-2H3. The molecular formula is C7H13Cl. The maximum atomic E-state index is 5.32. The van der Waals surface area contributed by atoms with Crippen LogP contribution in [0.15, 0.2) is 11.6 Å². The first-order chi connectivity index (χ1) is 3.81. The monoisotopic (exact) mass is 132 g/mol. The molecule has 1 atom stereocenters. The van der Waals surface area contributed by atoms with Crippen molar-refractivity contribution in [1.29, 1.82) is 0 Å². The average molecular weight is 133 g/mol. The Labute approximate surface area is 56.5 Å². The maximum Gasteiger partial charge on any atom is 0.000255 e. The van der Waals surface area contributed by atoms with Gasteiger partial charge in [-0.25, -0.2) is 0 Å². The van der Waals surface area contributed by atoms with E-state index in [0.29, 0.717) is 0 Å². The van der Waals surface area contributed by atoms with Gasteiger partial charge >= 0.3 is 0 Å². The van der Waals surface area contributed by atoms with Gasteiger partial charge in [0.15, 0.2) is 0 Å². The maximum absolute atomic E-state index is 5.32. The van der Waals surface area contributed by atoms with Crippen molar-refractivity contribution < 1.29 is 0 Å². The van der Waals surface area contributed by atoms with Crippen molar-refractivity contribution in [3.63, 3.8) is 0 Å². The Hall–Kier alpha value is 0.0300. The molecule has 0 aliphatic heterocycles. The molecule has 0 aliphatic rings. The molecule has 0 N–H and O–H groups in total. The summed E-state index contributed by atoms with van der Waals surface area (Å²) < 4.78 is 0. The summed E-state index contributed by atoms with van der Waals surface area (Å²) in [4.78, 5) is 0. The number of hydrogen-bond donors (Lipinski definition) is 0. The van der Waals surface area contributed by atoms with Gasteiger partial charge in [-0.15, -0.1) is 0 Å². The normalized spacial score (nSPS) is 14.9. The second kappa shape index (κ2) is 5.17. The molecule has 0 aliphatic carbocycles. The minimum absolute atomic E-state index is 0.782. The van der Waals surface area contributed by atoms with Crippen LogP contribution in [0.25, 0.3) is 0 Å². The fourth-order valence-electron chi connectivity index (χ4n) is 0.450. The third-order valence-corrected chi connectivity index (χ3v) is 1.50. The van der Waals surface area contributed by atoms with Gasteiger partial charge in [-0.3, -0.25) is 0 Å². The molecule has 0 amide bonds. The highest BCUT2D eigenvalue weighted by atomic mass is 35.5. The lowest BCUT2D eigenvalue weighted by molar-refractivity contribution is 0.572. The fourth-order valence-corrected chi connectivity index (χ4v) is 0.553. The molecule has 0 aromatic rings. The number of halogens is 1. The minimum atomic E-state index is 0.782. The third-order valence-electron chi connectivity index (χ3n) is 1.32. The van der Waals surface area contributed by atoms with Gasteiger partial charge in [-0.1, -0.05) is 37.9 Å². The lowest BCUT2D eigenvalue weighted by atomic mass is 10.1. The topological polar surface area (TPSA) is 0 Å². The Morgan fingerprint density at radius 3 is 2.62 bits per heavy atom. The van der Waals surface area contributed by atoms with Crippen molar-refractivity contribution in [1.82, 2.24) is 0 Å². The SMILES string of the molecule is CCC(C)CC=CCl. The first-order valence-electron chi connectivity index (χ1n) is 3.06. The van der Waals surface area contributed by atoms with E-state index in [1.807, 2.05) is 6.08 Å². The molecule has 0 spiro atoms. The van der Waals surface area contributed by atoms with Crippen LogP contribution in [0.3, 0.4) is 0 Å². The molecule has 1 unspecified atom stereocenters. The van der Waals surface area contributed by atoms with E-state index in [1.54, 1.807) is 5.54 Å². The molecule has 1 heteroatoms. The van der Waals surface area contributed by atoms with E-state index in [-0.39, 0.29) is 0 Å². The lowest BCUT2D eigenvalue weighted by Gasteiger charge is -2.00. The van der Waals surface area contributed by atoms with Gasteiger partial charge in [0.05, 0.1) is 0 Å². The van der Waals surface area contributed by atoms with Gasteiger partial charge < -0.3 is 0 Å². The zero-order valence-corrected chi connectivity index (χ0v) is 6.28. The molecule has 0 fully saturated rings. The minimum Gasteiger partial charge on any atom is -0.0933 e. The van der Waals surface area contributed by atoms with Gasteiger partial charge in [-0.05, 0) is 12.3 Å². The zero-order chi connectivity index (χ0) is 6.41. The molecule has 0 nitrogen and oxygen atoms in total. The van der Waals surface area contributed by atoms with Crippen molar-refractivity contribution in [3.8, 4) is 0 Å². The van der Waals surface area contributed by atoms with Crippen molar-refractivity contribution in [3.05, 3.63) is 11.6 Å². The van der Waals surface area contributed by atoms with E-state index >= 15 is 0 Å². The van der Waals surface area contributed by atoms with Crippen molar-refractivity contribution >= 4 is 11.6 Å². The summed E-state index contributed by atoms with van der Waals surface area (Å²) in [7, 11) is 0. The fraction of sp³-hybridized carbons (Fsp3) is 0.714. The van der Waals surface area contributed by atoms with Crippen molar-refractivity contribution in [2.75, 3.05) is 0 Å². The van der Waals surface area contributed by atoms with Crippen LogP contribution < -0.4 is 0 Å². The summed E-state index contributed by atoms with van der Waals surface area (Å²) in [6, 6.07) is 0. The van der Waals surface area contributed by atoms with Crippen LogP contribution in [0.4, 0.5) is 0 Å². The molecule has 0 aromatic heterocycles. The molecule has 0 heterocycles. The van der Waals surface area contributed by atoms with Crippen molar-refractivity contribution in [2.45, 2.75) is 26.7 Å². The summed E-state index contributed by atoms with van der Waals surface area (Å²) in [5.74, 6) is 0.782. The molecule has 8 heavy (non-hydrogen) atoms. The molecule has 0 saturated heterocycles. The Kier molecular flexibility index (Phi) is 5.19. The summed E-state index contributed by atoms with van der Waals surface area (Å²) in [5.41, 5.74) is 1.59. The smallest absolute Gasteiger partial charge is 0.000255 e. The number of hydrogen-bond acceptors (Lipinski definition) is 0. The lowest BCUT2D eigenvalue weighted by Crippen LogP contribution is -1.86. The summed E-state index contributed by atoms with van der Waals surface area (Å²) >= 11 is 5.32. The van der Waals surface area contributed by atoms with Gasteiger partial charge in [0.25, 0.3) is 0 Å². The molecule has 48 valence electrons.